The van der Waals surface area contributed by atoms with Crippen LogP contribution in [0.5, 0.6) is 5.75 Å². The van der Waals surface area contributed by atoms with Gasteiger partial charge in [-0.3, -0.25) is 9.89 Å². The normalized spacial score (nSPS) is 10.9. The molecule has 0 aliphatic heterocycles. The monoisotopic (exact) mass is 391 g/mol. The molecule has 0 aliphatic rings. The zero-order chi connectivity index (χ0) is 20.1. The van der Waals surface area contributed by atoms with Gasteiger partial charge in [0.25, 0.3) is 5.91 Å². The van der Waals surface area contributed by atoms with E-state index in [-0.39, 0.29) is 5.91 Å². The Morgan fingerprint density at radius 1 is 1.28 bits per heavy atom. The molecule has 29 heavy (non-hydrogen) atoms. The number of ether oxygens (including phenoxy) is 1. The van der Waals surface area contributed by atoms with Gasteiger partial charge in [-0.2, -0.15) is 5.10 Å². The number of amides is 1. The number of rotatable bonds is 8. The van der Waals surface area contributed by atoms with Gasteiger partial charge in [-0.1, -0.05) is 0 Å². The third-order valence-corrected chi connectivity index (χ3v) is 4.47. The van der Waals surface area contributed by atoms with Crippen molar-refractivity contribution in [1.29, 1.82) is 0 Å². The molecule has 0 spiro atoms. The number of aryl methyl sites for hydroxylation is 1. The van der Waals surface area contributed by atoms with Gasteiger partial charge < -0.3 is 15.0 Å². The average Bonchev–Trinajstić information content (AvgIpc) is 3.45. The van der Waals surface area contributed by atoms with E-state index in [2.05, 4.69) is 30.7 Å². The first-order chi connectivity index (χ1) is 14.2. The highest BCUT2D eigenvalue weighted by atomic mass is 16.5. The van der Waals surface area contributed by atoms with Crippen LogP contribution in [0.2, 0.25) is 0 Å². The number of pyridine rings is 1. The molecule has 0 bridgehead atoms. The zero-order valence-electron chi connectivity index (χ0n) is 16.0. The van der Waals surface area contributed by atoms with E-state index >= 15 is 0 Å². The molecule has 0 aliphatic carbocycles. The smallest absolute Gasteiger partial charge is 0.251 e. The van der Waals surface area contributed by atoms with Crippen LogP contribution in [-0.4, -0.2) is 49.4 Å². The fourth-order valence-corrected chi connectivity index (χ4v) is 3.06. The van der Waals surface area contributed by atoms with Crippen molar-refractivity contribution >= 4 is 16.8 Å². The number of nitrogens with one attached hydrogen (secondary N) is 3. The molecule has 0 radical (unpaired) electrons. The van der Waals surface area contributed by atoms with E-state index < -0.39 is 0 Å². The van der Waals surface area contributed by atoms with Gasteiger partial charge in [0, 0.05) is 41.7 Å². The van der Waals surface area contributed by atoms with Crippen molar-refractivity contribution in [2.75, 3.05) is 13.2 Å². The number of hydrogen-bond donors (Lipinski definition) is 3. The minimum atomic E-state index is -0.141. The van der Waals surface area contributed by atoms with Crippen molar-refractivity contribution in [2.24, 2.45) is 0 Å². The third-order valence-electron chi connectivity index (χ3n) is 4.47. The third kappa shape index (κ3) is 4.23. The van der Waals surface area contributed by atoms with Crippen molar-refractivity contribution in [2.45, 2.75) is 19.8 Å². The summed E-state index contributed by atoms with van der Waals surface area (Å²) in [4.78, 5) is 20.2. The van der Waals surface area contributed by atoms with Crippen LogP contribution in [0.15, 0.2) is 43.0 Å². The van der Waals surface area contributed by atoms with Crippen LogP contribution in [0.3, 0.4) is 0 Å². The van der Waals surface area contributed by atoms with Crippen molar-refractivity contribution < 1.29 is 9.53 Å². The fourth-order valence-electron chi connectivity index (χ4n) is 3.06. The minimum absolute atomic E-state index is 0.141. The highest BCUT2D eigenvalue weighted by Crippen LogP contribution is 2.30. The molecule has 1 amide bonds. The molecule has 9 nitrogen and oxygen atoms in total. The number of carbonyl (C=O) groups excluding carboxylic acids is 1. The summed E-state index contributed by atoms with van der Waals surface area (Å²) in [6, 6.07) is 7.33. The SMILES string of the molecule is CCOc1cc(-c2cn[nH]c2)nc2cc(C(=O)NCCCc3nnc[nH]3)ccc12. The Morgan fingerprint density at radius 3 is 2.97 bits per heavy atom. The van der Waals surface area contributed by atoms with Crippen molar-refractivity contribution in [3.8, 4) is 17.0 Å². The Morgan fingerprint density at radius 2 is 2.21 bits per heavy atom. The predicted octanol–water partition coefficient (Wildman–Crippen LogP) is 2.50. The predicted molar refractivity (Wildman–Crippen MR) is 108 cm³/mol. The van der Waals surface area contributed by atoms with Crippen LogP contribution in [0.25, 0.3) is 22.2 Å². The first-order valence-electron chi connectivity index (χ1n) is 9.44. The average molecular weight is 391 g/mol. The number of H-pyrrole nitrogens is 2. The largest absolute Gasteiger partial charge is 0.493 e. The standard InChI is InChI=1S/C20H21N7O2/c1-2-29-18-9-16(14-10-23-24-11-14)26-17-8-13(5-6-15(17)18)20(28)21-7-3-4-19-22-12-25-27-19/h5-6,8-12H,2-4,7H2,1H3,(H,21,28)(H,23,24)(H,22,25,27). The van der Waals surface area contributed by atoms with Crippen molar-refractivity contribution in [3.05, 3.63) is 54.4 Å². The van der Waals surface area contributed by atoms with E-state index in [1.807, 2.05) is 19.1 Å². The van der Waals surface area contributed by atoms with Crippen LogP contribution in [-0.2, 0) is 6.42 Å². The lowest BCUT2D eigenvalue weighted by Crippen LogP contribution is -2.24. The number of benzene rings is 1. The summed E-state index contributed by atoms with van der Waals surface area (Å²) < 4.78 is 5.79. The Bertz CT molecular complexity index is 1090. The maximum Gasteiger partial charge on any atom is 0.251 e. The summed E-state index contributed by atoms with van der Waals surface area (Å²) in [5.74, 6) is 1.40. The minimum Gasteiger partial charge on any atom is -0.493 e. The molecule has 3 aromatic heterocycles. The summed E-state index contributed by atoms with van der Waals surface area (Å²) in [5.41, 5.74) is 2.84. The number of nitrogens with zero attached hydrogens (tertiary/aromatic N) is 4. The number of carbonyl (C=O) groups is 1. The number of aromatic amines is 2. The second kappa shape index (κ2) is 8.51. The highest BCUT2D eigenvalue weighted by molar-refractivity contribution is 5.99. The number of fused-ring (bicyclic) bond motifs is 1. The van der Waals surface area contributed by atoms with Gasteiger partial charge in [0.2, 0.25) is 0 Å². The summed E-state index contributed by atoms with van der Waals surface area (Å²) >= 11 is 0. The molecule has 0 saturated carbocycles. The van der Waals surface area contributed by atoms with Crippen molar-refractivity contribution in [3.63, 3.8) is 0 Å². The van der Waals surface area contributed by atoms with Gasteiger partial charge in [-0.15, -0.1) is 10.2 Å². The molecule has 3 heterocycles. The molecule has 4 aromatic rings. The molecule has 148 valence electrons. The molecule has 1 aromatic carbocycles. The van der Waals surface area contributed by atoms with Gasteiger partial charge in [0.05, 0.1) is 24.0 Å². The van der Waals surface area contributed by atoms with Crippen LogP contribution in [0.4, 0.5) is 0 Å². The lowest BCUT2D eigenvalue weighted by Gasteiger charge is -2.11. The van der Waals surface area contributed by atoms with E-state index in [0.29, 0.717) is 24.2 Å². The van der Waals surface area contributed by atoms with Gasteiger partial charge in [-0.05, 0) is 31.5 Å². The molecular weight excluding hydrogens is 370 g/mol. The summed E-state index contributed by atoms with van der Waals surface area (Å²) in [5, 5.41) is 18.2. The van der Waals surface area contributed by atoms with E-state index in [4.69, 9.17) is 9.72 Å². The Labute approximate surface area is 166 Å². The lowest BCUT2D eigenvalue weighted by atomic mass is 10.1. The van der Waals surface area contributed by atoms with Gasteiger partial charge >= 0.3 is 0 Å². The lowest BCUT2D eigenvalue weighted by molar-refractivity contribution is 0.0953. The first-order valence-corrected chi connectivity index (χ1v) is 9.44. The number of aromatic nitrogens is 6. The Balaban J connectivity index is 1.53. The van der Waals surface area contributed by atoms with E-state index in [9.17, 15) is 4.79 Å². The van der Waals surface area contributed by atoms with Crippen LogP contribution >= 0.6 is 0 Å². The maximum atomic E-state index is 12.6. The second-order valence-electron chi connectivity index (χ2n) is 6.45. The molecule has 0 unspecified atom stereocenters. The second-order valence-corrected chi connectivity index (χ2v) is 6.45. The van der Waals surface area contributed by atoms with Crippen LogP contribution < -0.4 is 10.1 Å². The quantitative estimate of drug-likeness (QED) is 0.397. The van der Waals surface area contributed by atoms with Crippen molar-refractivity contribution in [1.82, 2.24) is 35.7 Å². The van der Waals surface area contributed by atoms with E-state index in [1.54, 1.807) is 30.9 Å². The van der Waals surface area contributed by atoms with Gasteiger partial charge in [0.1, 0.15) is 17.9 Å². The first kappa shape index (κ1) is 18.6. The van der Waals surface area contributed by atoms with Crippen LogP contribution in [0.1, 0.15) is 29.5 Å². The number of hydrogen-bond acceptors (Lipinski definition) is 6. The Hall–Kier alpha value is -3.75. The molecule has 0 saturated heterocycles. The highest BCUT2D eigenvalue weighted by Gasteiger charge is 2.12. The van der Waals surface area contributed by atoms with Gasteiger partial charge in [0.15, 0.2) is 0 Å². The molecule has 4 rings (SSSR count). The van der Waals surface area contributed by atoms with Crippen LogP contribution in [0, 0.1) is 0 Å². The molecule has 0 fully saturated rings. The summed E-state index contributed by atoms with van der Waals surface area (Å²) in [6.07, 6.45) is 6.52. The molecular formula is C20H21N7O2. The molecule has 0 atom stereocenters. The summed E-state index contributed by atoms with van der Waals surface area (Å²) in [6.45, 7) is 3.02. The zero-order valence-corrected chi connectivity index (χ0v) is 16.0. The van der Waals surface area contributed by atoms with E-state index in [0.717, 1.165) is 41.1 Å². The Kier molecular flexibility index (Phi) is 5.46. The molecule has 3 N–H and O–H groups in total. The maximum absolute atomic E-state index is 12.6. The fraction of sp³-hybridized carbons (Fsp3) is 0.250. The van der Waals surface area contributed by atoms with Gasteiger partial charge in [-0.25, -0.2) is 4.98 Å². The molecule has 9 heteroatoms. The topological polar surface area (TPSA) is 121 Å². The summed E-state index contributed by atoms with van der Waals surface area (Å²) in [7, 11) is 0. The van der Waals surface area contributed by atoms with E-state index in [1.165, 1.54) is 0 Å².